The van der Waals surface area contributed by atoms with E-state index in [4.69, 9.17) is 10.8 Å². The highest BCUT2D eigenvalue weighted by atomic mass is 79.9. The number of anilines is 1. The van der Waals surface area contributed by atoms with Crippen molar-refractivity contribution in [1.29, 1.82) is 0 Å². The highest BCUT2D eigenvalue weighted by molar-refractivity contribution is 9.10. The van der Waals surface area contributed by atoms with Gasteiger partial charge < -0.3 is 10.8 Å². The first-order valence-corrected chi connectivity index (χ1v) is 5.06. The minimum atomic E-state index is -0.792. The highest BCUT2D eigenvalue weighted by Crippen LogP contribution is 2.22. The van der Waals surface area contributed by atoms with Crippen LogP contribution in [0, 0.1) is 5.92 Å². The van der Waals surface area contributed by atoms with Crippen molar-refractivity contribution in [1.82, 2.24) is 0 Å². The molecule has 3 N–H and O–H groups in total. The monoisotopic (exact) mass is 257 g/mol. The lowest BCUT2D eigenvalue weighted by atomic mass is 10.0. The molecule has 1 aromatic rings. The Morgan fingerprint density at radius 3 is 2.86 bits per heavy atom. The second-order valence-electron chi connectivity index (χ2n) is 3.29. The standard InChI is InChI=1S/C10H12BrNO2/c1-6(10(13)14)4-7-5-8(12)2-3-9(7)11/h2-3,5-6H,4,12H2,1H3,(H,13,14). The summed E-state index contributed by atoms with van der Waals surface area (Å²) < 4.78 is 0.903. The third kappa shape index (κ3) is 2.73. The number of nitrogens with two attached hydrogens (primary N) is 1. The fraction of sp³-hybridized carbons (Fsp3) is 0.300. The molecule has 0 saturated carbocycles. The Labute approximate surface area is 91.1 Å². The molecule has 3 nitrogen and oxygen atoms in total. The number of carboxylic acid groups (broad SMARTS) is 1. The Morgan fingerprint density at radius 1 is 1.64 bits per heavy atom. The van der Waals surface area contributed by atoms with Crippen LogP contribution < -0.4 is 5.73 Å². The zero-order valence-electron chi connectivity index (χ0n) is 7.83. The molecule has 0 aliphatic rings. The average Bonchev–Trinajstić information content (AvgIpc) is 2.11. The molecule has 0 amide bonds. The van der Waals surface area contributed by atoms with Gasteiger partial charge in [0.1, 0.15) is 0 Å². The van der Waals surface area contributed by atoms with E-state index < -0.39 is 11.9 Å². The lowest BCUT2D eigenvalue weighted by Gasteiger charge is -2.08. The van der Waals surface area contributed by atoms with Crippen LogP contribution >= 0.6 is 15.9 Å². The van der Waals surface area contributed by atoms with E-state index in [1.165, 1.54) is 0 Å². The van der Waals surface area contributed by atoms with E-state index in [1.807, 2.05) is 6.07 Å². The Bertz CT molecular complexity index is 352. The molecule has 0 aliphatic carbocycles. The van der Waals surface area contributed by atoms with Gasteiger partial charge in [-0.15, -0.1) is 0 Å². The average molecular weight is 258 g/mol. The molecule has 0 radical (unpaired) electrons. The van der Waals surface area contributed by atoms with Crippen LogP contribution in [0.3, 0.4) is 0 Å². The predicted octanol–water partition coefficient (Wildman–Crippen LogP) is 2.29. The molecule has 4 heteroatoms. The summed E-state index contributed by atoms with van der Waals surface area (Å²) in [5.41, 5.74) is 7.20. The maximum atomic E-state index is 10.7. The van der Waals surface area contributed by atoms with Crippen LogP contribution in [0.5, 0.6) is 0 Å². The van der Waals surface area contributed by atoms with Gasteiger partial charge in [-0.25, -0.2) is 0 Å². The molecule has 0 aliphatic heterocycles. The summed E-state index contributed by atoms with van der Waals surface area (Å²) >= 11 is 3.36. The van der Waals surface area contributed by atoms with Crippen molar-refractivity contribution < 1.29 is 9.90 Å². The van der Waals surface area contributed by atoms with E-state index in [0.717, 1.165) is 10.0 Å². The van der Waals surface area contributed by atoms with Crippen molar-refractivity contribution in [3.05, 3.63) is 28.2 Å². The predicted molar refractivity (Wildman–Crippen MR) is 59.1 cm³/mol. The Hall–Kier alpha value is -1.03. The van der Waals surface area contributed by atoms with Crippen molar-refractivity contribution in [2.24, 2.45) is 5.92 Å². The molecular formula is C10H12BrNO2. The summed E-state index contributed by atoms with van der Waals surface area (Å²) in [5, 5.41) is 8.76. The maximum Gasteiger partial charge on any atom is 0.306 e. The molecule has 0 spiro atoms. The Kier molecular flexibility index (Phi) is 3.52. The number of rotatable bonds is 3. The van der Waals surface area contributed by atoms with Gasteiger partial charge in [-0.1, -0.05) is 22.9 Å². The SMILES string of the molecule is CC(Cc1cc(N)ccc1Br)C(=O)O. The van der Waals surface area contributed by atoms with Crippen molar-refractivity contribution in [2.75, 3.05) is 5.73 Å². The molecule has 1 aromatic carbocycles. The van der Waals surface area contributed by atoms with Gasteiger partial charge in [0.15, 0.2) is 0 Å². The van der Waals surface area contributed by atoms with Gasteiger partial charge in [0, 0.05) is 10.2 Å². The zero-order valence-corrected chi connectivity index (χ0v) is 9.41. The minimum absolute atomic E-state index is 0.395. The van der Waals surface area contributed by atoms with Gasteiger partial charge in [-0.2, -0.15) is 0 Å². The molecule has 1 atom stereocenters. The topological polar surface area (TPSA) is 63.3 Å². The molecule has 0 heterocycles. The van der Waals surface area contributed by atoms with Crippen LogP contribution in [-0.2, 0) is 11.2 Å². The van der Waals surface area contributed by atoms with Crippen LogP contribution in [0.2, 0.25) is 0 Å². The van der Waals surface area contributed by atoms with E-state index in [-0.39, 0.29) is 0 Å². The molecular weight excluding hydrogens is 246 g/mol. The first-order valence-electron chi connectivity index (χ1n) is 4.27. The van der Waals surface area contributed by atoms with Crippen LogP contribution in [0.4, 0.5) is 5.69 Å². The van der Waals surface area contributed by atoms with Gasteiger partial charge >= 0.3 is 5.97 Å². The van der Waals surface area contributed by atoms with Crippen LogP contribution in [0.15, 0.2) is 22.7 Å². The molecule has 76 valence electrons. The second-order valence-corrected chi connectivity index (χ2v) is 4.15. The van der Waals surface area contributed by atoms with E-state index in [0.29, 0.717) is 12.1 Å². The molecule has 14 heavy (non-hydrogen) atoms. The van der Waals surface area contributed by atoms with Crippen molar-refractivity contribution in [2.45, 2.75) is 13.3 Å². The molecule has 0 fully saturated rings. The van der Waals surface area contributed by atoms with Gasteiger partial charge in [0.2, 0.25) is 0 Å². The number of nitrogen functional groups attached to an aromatic ring is 1. The Morgan fingerprint density at radius 2 is 2.29 bits per heavy atom. The van der Waals surface area contributed by atoms with E-state index in [1.54, 1.807) is 19.1 Å². The third-order valence-electron chi connectivity index (χ3n) is 2.02. The smallest absolute Gasteiger partial charge is 0.306 e. The number of carbonyl (C=O) groups is 1. The number of carboxylic acids is 1. The normalized spacial score (nSPS) is 12.4. The summed E-state index contributed by atoms with van der Waals surface area (Å²) in [6.45, 7) is 1.68. The second kappa shape index (κ2) is 4.46. The highest BCUT2D eigenvalue weighted by Gasteiger charge is 2.13. The van der Waals surface area contributed by atoms with E-state index in [2.05, 4.69) is 15.9 Å². The van der Waals surface area contributed by atoms with Crippen LogP contribution in [0.25, 0.3) is 0 Å². The third-order valence-corrected chi connectivity index (χ3v) is 2.79. The maximum absolute atomic E-state index is 10.7. The fourth-order valence-electron chi connectivity index (χ4n) is 1.17. The van der Waals surface area contributed by atoms with Gasteiger partial charge in [0.25, 0.3) is 0 Å². The zero-order chi connectivity index (χ0) is 10.7. The van der Waals surface area contributed by atoms with Gasteiger partial charge in [0.05, 0.1) is 5.92 Å². The van der Waals surface area contributed by atoms with Crippen molar-refractivity contribution in [3.63, 3.8) is 0 Å². The summed E-state index contributed by atoms with van der Waals surface area (Å²) in [5.74, 6) is -1.19. The first kappa shape index (κ1) is 11.0. The lowest BCUT2D eigenvalue weighted by molar-refractivity contribution is -0.141. The van der Waals surface area contributed by atoms with E-state index in [9.17, 15) is 4.79 Å². The lowest BCUT2D eigenvalue weighted by Crippen LogP contribution is -2.12. The fourth-order valence-corrected chi connectivity index (χ4v) is 1.58. The molecule has 1 rings (SSSR count). The Balaban J connectivity index is 2.85. The summed E-state index contributed by atoms with van der Waals surface area (Å²) in [7, 11) is 0. The van der Waals surface area contributed by atoms with Crippen LogP contribution in [0.1, 0.15) is 12.5 Å². The van der Waals surface area contributed by atoms with Gasteiger partial charge in [-0.3, -0.25) is 4.79 Å². The van der Waals surface area contributed by atoms with Gasteiger partial charge in [-0.05, 0) is 30.2 Å². The van der Waals surface area contributed by atoms with Crippen LogP contribution in [-0.4, -0.2) is 11.1 Å². The minimum Gasteiger partial charge on any atom is -0.481 e. The number of hydrogen-bond acceptors (Lipinski definition) is 2. The largest absolute Gasteiger partial charge is 0.481 e. The summed E-state index contributed by atoms with van der Waals surface area (Å²) in [4.78, 5) is 10.7. The van der Waals surface area contributed by atoms with Crippen molar-refractivity contribution in [3.8, 4) is 0 Å². The number of aliphatic carboxylic acids is 1. The summed E-state index contributed by atoms with van der Waals surface area (Å²) in [6, 6.07) is 5.40. The number of hydrogen-bond donors (Lipinski definition) is 2. The molecule has 1 unspecified atom stereocenters. The van der Waals surface area contributed by atoms with Crippen molar-refractivity contribution >= 4 is 27.6 Å². The first-order chi connectivity index (χ1) is 6.50. The summed E-state index contributed by atoms with van der Waals surface area (Å²) in [6.07, 6.45) is 0.487. The molecule has 0 aromatic heterocycles. The quantitative estimate of drug-likeness (QED) is 0.817. The number of halogens is 1. The molecule has 0 saturated heterocycles. The molecule has 0 bridgehead atoms. The number of benzene rings is 1. The van der Waals surface area contributed by atoms with E-state index >= 15 is 0 Å².